The quantitative estimate of drug-likeness (QED) is 0.793. The Kier molecular flexibility index (Phi) is 4.77. The molecule has 3 nitrogen and oxygen atoms in total. The lowest BCUT2D eigenvalue weighted by molar-refractivity contribution is 0.195. The molecule has 0 saturated heterocycles. The SMILES string of the molecule is CC(O)Cc1ccccc1N(C)CC(C)O. The Bertz CT molecular complexity index is 323. The average molecular weight is 223 g/mol. The Hall–Kier alpha value is -1.06. The summed E-state index contributed by atoms with van der Waals surface area (Å²) in [6.45, 7) is 4.15. The smallest absolute Gasteiger partial charge is 0.0686 e. The van der Waals surface area contributed by atoms with Gasteiger partial charge in [0, 0.05) is 25.7 Å². The van der Waals surface area contributed by atoms with E-state index in [1.165, 1.54) is 0 Å². The number of hydrogen-bond donors (Lipinski definition) is 2. The molecule has 3 heteroatoms. The van der Waals surface area contributed by atoms with Gasteiger partial charge in [-0.05, 0) is 25.5 Å². The van der Waals surface area contributed by atoms with Crippen LogP contribution >= 0.6 is 0 Å². The lowest BCUT2D eigenvalue weighted by Gasteiger charge is -2.24. The van der Waals surface area contributed by atoms with E-state index in [4.69, 9.17) is 0 Å². The summed E-state index contributed by atoms with van der Waals surface area (Å²) in [5.74, 6) is 0. The van der Waals surface area contributed by atoms with Crippen molar-refractivity contribution in [1.29, 1.82) is 0 Å². The van der Waals surface area contributed by atoms with Gasteiger partial charge in [-0.1, -0.05) is 18.2 Å². The first-order valence-electron chi connectivity index (χ1n) is 5.66. The van der Waals surface area contributed by atoms with Crippen LogP contribution in [-0.4, -0.2) is 36.0 Å². The molecule has 16 heavy (non-hydrogen) atoms. The second-order valence-electron chi connectivity index (χ2n) is 4.41. The number of anilines is 1. The highest BCUT2D eigenvalue weighted by atomic mass is 16.3. The molecule has 0 amide bonds. The predicted octanol–water partition coefficient (Wildman–Crippen LogP) is 1.43. The van der Waals surface area contributed by atoms with Gasteiger partial charge >= 0.3 is 0 Å². The molecule has 2 unspecified atom stereocenters. The molecular formula is C13H21NO2. The topological polar surface area (TPSA) is 43.7 Å². The number of rotatable bonds is 5. The molecule has 0 aliphatic heterocycles. The minimum atomic E-state index is -0.357. The van der Waals surface area contributed by atoms with Crippen molar-refractivity contribution < 1.29 is 10.2 Å². The highest BCUT2D eigenvalue weighted by Gasteiger charge is 2.10. The lowest BCUT2D eigenvalue weighted by atomic mass is 10.1. The Morgan fingerprint density at radius 3 is 2.31 bits per heavy atom. The van der Waals surface area contributed by atoms with Gasteiger partial charge in [0.05, 0.1) is 12.2 Å². The van der Waals surface area contributed by atoms with Gasteiger partial charge in [0.25, 0.3) is 0 Å². The summed E-state index contributed by atoms with van der Waals surface area (Å²) in [5.41, 5.74) is 2.19. The van der Waals surface area contributed by atoms with Crippen molar-refractivity contribution in [3.63, 3.8) is 0 Å². The standard InChI is InChI=1S/C13H21NO2/c1-10(15)8-12-6-4-5-7-13(12)14(3)9-11(2)16/h4-7,10-11,15-16H,8-9H2,1-3H3. The largest absolute Gasteiger partial charge is 0.393 e. The maximum atomic E-state index is 9.43. The van der Waals surface area contributed by atoms with Crippen LogP contribution in [0.2, 0.25) is 0 Å². The molecule has 1 aromatic carbocycles. The van der Waals surface area contributed by atoms with Crippen molar-refractivity contribution in [3.8, 4) is 0 Å². The van der Waals surface area contributed by atoms with Crippen LogP contribution < -0.4 is 4.90 Å². The fourth-order valence-corrected chi connectivity index (χ4v) is 1.87. The fraction of sp³-hybridized carbons (Fsp3) is 0.538. The van der Waals surface area contributed by atoms with Crippen molar-refractivity contribution in [3.05, 3.63) is 29.8 Å². The summed E-state index contributed by atoms with van der Waals surface area (Å²) >= 11 is 0. The van der Waals surface area contributed by atoms with Gasteiger partial charge in [-0.25, -0.2) is 0 Å². The highest BCUT2D eigenvalue weighted by molar-refractivity contribution is 5.53. The van der Waals surface area contributed by atoms with Gasteiger partial charge in [0.15, 0.2) is 0 Å². The van der Waals surface area contributed by atoms with Gasteiger partial charge in [-0.2, -0.15) is 0 Å². The molecule has 0 heterocycles. The van der Waals surface area contributed by atoms with Crippen LogP contribution in [0, 0.1) is 0 Å². The zero-order valence-electron chi connectivity index (χ0n) is 10.2. The second-order valence-corrected chi connectivity index (χ2v) is 4.41. The molecule has 90 valence electrons. The summed E-state index contributed by atoms with van der Waals surface area (Å²) in [6.07, 6.45) is -0.0638. The van der Waals surface area contributed by atoms with Crippen molar-refractivity contribution in [2.75, 3.05) is 18.5 Å². The van der Waals surface area contributed by atoms with E-state index in [-0.39, 0.29) is 12.2 Å². The Balaban J connectivity index is 2.85. The first-order valence-corrected chi connectivity index (χ1v) is 5.66. The van der Waals surface area contributed by atoms with E-state index in [0.717, 1.165) is 11.3 Å². The van der Waals surface area contributed by atoms with Crippen LogP contribution in [0.5, 0.6) is 0 Å². The first-order chi connectivity index (χ1) is 7.50. The summed E-state index contributed by atoms with van der Waals surface area (Å²) in [7, 11) is 1.95. The number of likely N-dealkylation sites (N-methyl/N-ethyl adjacent to an activating group) is 1. The monoisotopic (exact) mass is 223 g/mol. The number of benzene rings is 1. The fourth-order valence-electron chi connectivity index (χ4n) is 1.87. The van der Waals surface area contributed by atoms with Gasteiger partial charge in [0.2, 0.25) is 0 Å². The normalized spacial score (nSPS) is 14.6. The van der Waals surface area contributed by atoms with Crippen LogP contribution in [0.25, 0.3) is 0 Å². The summed E-state index contributed by atoms with van der Waals surface area (Å²) in [5, 5.41) is 18.8. The number of hydrogen-bond acceptors (Lipinski definition) is 3. The molecule has 0 aromatic heterocycles. The molecule has 0 bridgehead atoms. The minimum Gasteiger partial charge on any atom is -0.393 e. The molecule has 0 fully saturated rings. The molecule has 1 rings (SSSR count). The van der Waals surface area contributed by atoms with Crippen LogP contribution in [0.1, 0.15) is 19.4 Å². The van der Waals surface area contributed by atoms with Crippen LogP contribution in [0.4, 0.5) is 5.69 Å². The van der Waals surface area contributed by atoms with E-state index < -0.39 is 0 Å². The average Bonchev–Trinajstić information content (AvgIpc) is 2.16. The van der Waals surface area contributed by atoms with E-state index in [1.807, 2.05) is 36.2 Å². The predicted molar refractivity (Wildman–Crippen MR) is 66.8 cm³/mol. The van der Waals surface area contributed by atoms with Crippen molar-refractivity contribution in [2.24, 2.45) is 0 Å². The summed E-state index contributed by atoms with van der Waals surface area (Å²) in [4.78, 5) is 2.02. The van der Waals surface area contributed by atoms with Gasteiger partial charge in [0.1, 0.15) is 0 Å². The van der Waals surface area contributed by atoms with Gasteiger partial charge in [-0.3, -0.25) is 0 Å². The number of para-hydroxylation sites is 1. The third-order valence-corrected chi connectivity index (χ3v) is 2.46. The maximum absolute atomic E-state index is 9.43. The van der Waals surface area contributed by atoms with E-state index in [0.29, 0.717) is 13.0 Å². The van der Waals surface area contributed by atoms with E-state index in [9.17, 15) is 10.2 Å². The van der Waals surface area contributed by atoms with Crippen LogP contribution in [-0.2, 0) is 6.42 Å². The molecule has 0 aliphatic rings. The van der Waals surface area contributed by atoms with Gasteiger partial charge < -0.3 is 15.1 Å². The van der Waals surface area contributed by atoms with Crippen molar-refractivity contribution >= 4 is 5.69 Å². The van der Waals surface area contributed by atoms with E-state index in [2.05, 4.69) is 0 Å². The Morgan fingerprint density at radius 2 is 1.75 bits per heavy atom. The molecule has 0 spiro atoms. The molecule has 0 saturated carbocycles. The Morgan fingerprint density at radius 1 is 1.12 bits per heavy atom. The molecular weight excluding hydrogens is 202 g/mol. The van der Waals surface area contributed by atoms with Crippen LogP contribution in [0.15, 0.2) is 24.3 Å². The number of aliphatic hydroxyl groups excluding tert-OH is 2. The van der Waals surface area contributed by atoms with Gasteiger partial charge in [-0.15, -0.1) is 0 Å². The molecule has 0 aliphatic carbocycles. The lowest BCUT2D eigenvalue weighted by Crippen LogP contribution is -2.28. The molecule has 2 atom stereocenters. The van der Waals surface area contributed by atoms with Crippen LogP contribution in [0.3, 0.4) is 0 Å². The zero-order valence-corrected chi connectivity index (χ0v) is 10.2. The second kappa shape index (κ2) is 5.87. The maximum Gasteiger partial charge on any atom is 0.0686 e. The minimum absolute atomic E-state index is 0.346. The Labute approximate surface area is 97.3 Å². The number of nitrogens with zero attached hydrogens (tertiary/aromatic N) is 1. The molecule has 0 radical (unpaired) electrons. The number of aliphatic hydroxyl groups is 2. The highest BCUT2D eigenvalue weighted by Crippen LogP contribution is 2.20. The van der Waals surface area contributed by atoms with E-state index >= 15 is 0 Å². The molecule has 1 aromatic rings. The molecule has 2 N–H and O–H groups in total. The van der Waals surface area contributed by atoms with Crippen molar-refractivity contribution in [1.82, 2.24) is 0 Å². The third kappa shape index (κ3) is 3.83. The van der Waals surface area contributed by atoms with Crippen molar-refractivity contribution in [2.45, 2.75) is 32.5 Å². The van der Waals surface area contributed by atoms with E-state index in [1.54, 1.807) is 13.8 Å². The first kappa shape index (κ1) is 13.0. The summed E-state index contributed by atoms with van der Waals surface area (Å²) < 4.78 is 0. The zero-order chi connectivity index (χ0) is 12.1. The summed E-state index contributed by atoms with van der Waals surface area (Å²) in [6, 6.07) is 7.97. The third-order valence-electron chi connectivity index (χ3n) is 2.46.